The van der Waals surface area contributed by atoms with Crippen molar-refractivity contribution in [3.63, 3.8) is 0 Å². The number of ether oxygens (including phenoxy) is 2. The van der Waals surface area contributed by atoms with Gasteiger partial charge >= 0.3 is 7.60 Å². The van der Waals surface area contributed by atoms with Crippen LogP contribution in [0.5, 0.6) is 0 Å². The summed E-state index contributed by atoms with van der Waals surface area (Å²) in [5.41, 5.74) is -0.915. The Morgan fingerprint density at radius 1 is 1.61 bits per heavy atom. The topological polar surface area (TPSA) is 85.2 Å². The smallest absolute Gasteiger partial charge is 0.348 e. The lowest BCUT2D eigenvalue weighted by Crippen LogP contribution is -2.41. The third-order valence-electron chi connectivity index (χ3n) is 2.82. The van der Waals surface area contributed by atoms with Gasteiger partial charge in [0.05, 0.1) is 6.00 Å². The van der Waals surface area contributed by atoms with Crippen LogP contribution in [0, 0.1) is 0 Å². The maximum atomic E-state index is 10.9. The Morgan fingerprint density at radius 2 is 2.22 bits per heavy atom. The summed E-state index contributed by atoms with van der Waals surface area (Å²) in [6.45, 7) is 4.11. The Kier molecular flexibility index (Phi) is 5.86. The average Bonchev–Trinajstić information content (AvgIpc) is 2.48. The molecule has 3 unspecified atom stereocenters. The predicted molar refractivity (Wildman–Crippen MR) is 77.3 cm³/mol. The average molecular weight is 390 g/mol. The summed E-state index contributed by atoms with van der Waals surface area (Å²) < 4.78 is 27.5. The molecule has 6 nitrogen and oxygen atoms in total. The van der Waals surface area contributed by atoms with Gasteiger partial charge in [-0.05, 0) is 19.9 Å². The second-order valence-electron chi connectivity index (χ2n) is 4.34. The standard InChI is InChI=1S/C9H17BIO6P/c1-3-15-6-7(17-11)9(2,16-8(6)10)4-5-18(12,13)14/h4-8H,3,10H2,1-2H3,(H2,12,13,14)/b5-4+/t6?,7?,8?,9-/m1/s1. The first-order valence-electron chi connectivity index (χ1n) is 5.56. The molecule has 4 atom stereocenters. The maximum Gasteiger partial charge on any atom is 0.348 e. The molecular weight excluding hydrogens is 373 g/mol. The molecule has 1 rings (SSSR count). The van der Waals surface area contributed by atoms with Crippen LogP contribution in [0.4, 0.5) is 0 Å². The third-order valence-corrected chi connectivity index (χ3v) is 3.91. The molecule has 2 N–H and O–H groups in total. The Bertz CT molecular complexity index is 361. The van der Waals surface area contributed by atoms with Gasteiger partial charge < -0.3 is 22.3 Å². The van der Waals surface area contributed by atoms with Crippen molar-refractivity contribution >= 4 is 38.4 Å². The zero-order valence-corrected chi connectivity index (χ0v) is 13.5. The van der Waals surface area contributed by atoms with Gasteiger partial charge in [-0.25, -0.2) is 0 Å². The minimum atomic E-state index is -4.21. The minimum absolute atomic E-state index is 0.212. The minimum Gasteiger partial charge on any atom is -0.374 e. The van der Waals surface area contributed by atoms with Gasteiger partial charge in [-0.2, -0.15) is 0 Å². The number of halogens is 1. The highest BCUT2D eigenvalue weighted by molar-refractivity contribution is 14.1. The van der Waals surface area contributed by atoms with Crippen LogP contribution >= 0.6 is 30.6 Å². The van der Waals surface area contributed by atoms with E-state index in [0.717, 1.165) is 5.82 Å². The Labute approximate surface area is 121 Å². The molecule has 9 heteroatoms. The fourth-order valence-electron chi connectivity index (χ4n) is 2.04. The second-order valence-corrected chi connectivity index (χ2v) is 6.33. The molecule has 1 saturated heterocycles. The summed E-state index contributed by atoms with van der Waals surface area (Å²) in [6, 6.07) is -0.212. The summed E-state index contributed by atoms with van der Waals surface area (Å²) in [4.78, 5) is 17.8. The molecule has 104 valence electrons. The fraction of sp³-hybridized carbons (Fsp3) is 0.778. The summed E-state index contributed by atoms with van der Waals surface area (Å²) in [7, 11) is -2.37. The van der Waals surface area contributed by atoms with Crippen molar-refractivity contribution in [3.8, 4) is 0 Å². The van der Waals surface area contributed by atoms with E-state index in [0.29, 0.717) is 6.61 Å². The molecule has 0 amide bonds. The third kappa shape index (κ3) is 4.03. The molecule has 0 aliphatic carbocycles. The molecular formula is C9H17BIO6P. The molecule has 18 heavy (non-hydrogen) atoms. The summed E-state index contributed by atoms with van der Waals surface area (Å²) in [6.07, 6.45) is 0.668. The highest BCUT2D eigenvalue weighted by atomic mass is 127. The zero-order valence-electron chi connectivity index (χ0n) is 10.4. The van der Waals surface area contributed by atoms with Crippen LogP contribution in [0.1, 0.15) is 13.8 Å². The fourth-order valence-corrected chi connectivity index (χ4v) is 3.33. The Hall–Kier alpha value is 0.565. The molecule has 0 aromatic rings. The SMILES string of the molecule is BC1O[C@](C)(/C=C/P(=O)(O)O)C(OI)C1OCC. The molecule has 1 fully saturated rings. The second kappa shape index (κ2) is 6.34. The van der Waals surface area contributed by atoms with E-state index in [1.54, 1.807) is 29.9 Å². The molecule has 0 aromatic carbocycles. The molecule has 1 heterocycles. The van der Waals surface area contributed by atoms with Gasteiger partial charge in [-0.3, -0.25) is 4.57 Å². The summed E-state index contributed by atoms with van der Waals surface area (Å²) in [5.74, 6) is 0.844. The van der Waals surface area contributed by atoms with Crippen LogP contribution in [0.2, 0.25) is 0 Å². The largest absolute Gasteiger partial charge is 0.374 e. The molecule has 0 radical (unpaired) electrons. The quantitative estimate of drug-likeness (QED) is 0.406. The van der Waals surface area contributed by atoms with Crippen LogP contribution in [-0.4, -0.2) is 48.1 Å². The van der Waals surface area contributed by atoms with Crippen molar-refractivity contribution in [3.05, 3.63) is 11.9 Å². The van der Waals surface area contributed by atoms with Gasteiger partial charge in [-0.15, -0.1) is 0 Å². The van der Waals surface area contributed by atoms with Gasteiger partial charge in [0.25, 0.3) is 0 Å². The van der Waals surface area contributed by atoms with Crippen LogP contribution in [0.3, 0.4) is 0 Å². The van der Waals surface area contributed by atoms with E-state index in [1.807, 2.05) is 14.8 Å². The molecule has 0 bridgehead atoms. The monoisotopic (exact) mass is 390 g/mol. The van der Waals surface area contributed by atoms with Gasteiger partial charge in [-0.1, -0.05) is 0 Å². The van der Waals surface area contributed by atoms with E-state index in [4.69, 9.17) is 22.3 Å². The Balaban J connectivity index is 2.94. The van der Waals surface area contributed by atoms with E-state index >= 15 is 0 Å². The van der Waals surface area contributed by atoms with Crippen molar-refractivity contribution in [2.75, 3.05) is 6.61 Å². The number of hydrogen-bond donors (Lipinski definition) is 2. The highest BCUT2D eigenvalue weighted by Gasteiger charge is 2.50. The van der Waals surface area contributed by atoms with E-state index in [1.165, 1.54) is 6.08 Å². The lowest BCUT2D eigenvalue weighted by atomic mass is 9.90. The van der Waals surface area contributed by atoms with Gasteiger partial charge in [0, 0.05) is 12.4 Å². The van der Waals surface area contributed by atoms with Crippen LogP contribution in [0.25, 0.3) is 0 Å². The first-order valence-corrected chi connectivity index (χ1v) is 8.12. The lowest BCUT2D eigenvalue weighted by Gasteiger charge is -2.27. The van der Waals surface area contributed by atoms with Crippen molar-refractivity contribution in [2.24, 2.45) is 0 Å². The van der Waals surface area contributed by atoms with Crippen molar-refractivity contribution in [2.45, 2.75) is 37.7 Å². The van der Waals surface area contributed by atoms with Crippen LogP contribution in [-0.2, 0) is 17.1 Å². The summed E-state index contributed by atoms with van der Waals surface area (Å²) in [5, 5.41) is 0. The molecule has 1 aliphatic rings. The van der Waals surface area contributed by atoms with Gasteiger partial charge in [0.1, 0.15) is 48.7 Å². The molecule has 0 spiro atoms. The highest BCUT2D eigenvalue weighted by Crippen LogP contribution is 2.41. The normalized spacial score (nSPS) is 37.5. The van der Waals surface area contributed by atoms with Crippen LogP contribution < -0.4 is 0 Å². The van der Waals surface area contributed by atoms with E-state index in [9.17, 15) is 4.57 Å². The van der Waals surface area contributed by atoms with Crippen LogP contribution in [0.15, 0.2) is 11.9 Å². The maximum absolute atomic E-state index is 10.9. The van der Waals surface area contributed by atoms with Crippen molar-refractivity contribution < 1.29 is 26.9 Å². The van der Waals surface area contributed by atoms with Gasteiger partial charge in [0.15, 0.2) is 0 Å². The van der Waals surface area contributed by atoms with Crippen molar-refractivity contribution in [1.82, 2.24) is 0 Å². The van der Waals surface area contributed by atoms with Crippen molar-refractivity contribution in [1.29, 1.82) is 0 Å². The first kappa shape index (κ1) is 16.6. The van der Waals surface area contributed by atoms with E-state index in [-0.39, 0.29) is 12.1 Å². The molecule has 1 aliphatic heterocycles. The molecule has 0 aromatic heterocycles. The summed E-state index contributed by atoms with van der Waals surface area (Å²) >= 11 is 1.75. The van der Waals surface area contributed by atoms with E-state index in [2.05, 4.69) is 0 Å². The lowest BCUT2D eigenvalue weighted by molar-refractivity contribution is 0.00442. The number of rotatable bonds is 5. The zero-order chi connectivity index (χ0) is 14.0. The predicted octanol–water partition coefficient (Wildman–Crippen LogP) is 0.566. The van der Waals surface area contributed by atoms with E-state index < -0.39 is 19.3 Å². The number of hydrogen-bond acceptors (Lipinski definition) is 4. The Morgan fingerprint density at radius 3 is 2.67 bits per heavy atom. The first-order chi connectivity index (χ1) is 8.23. The molecule has 0 saturated carbocycles. The van der Waals surface area contributed by atoms with Gasteiger partial charge in [0.2, 0.25) is 0 Å².